The topological polar surface area (TPSA) is 79.9 Å². The lowest BCUT2D eigenvalue weighted by Gasteiger charge is -2.09. The highest BCUT2D eigenvalue weighted by Gasteiger charge is 2.16. The molecule has 0 spiro atoms. The van der Waals surface area contributed by atoms with Crippen LogP contribution in [-0.2, 0) is 6.42 Å². The molecule has 0 aliphatic heterocycles. The van der Waals surface area contributed by atoms with E-state index in [4.69, 9.17) is 4.42 Å². The van der Waals surface area contributed by atoms with Crippen molar-refractivity contribution in [1.29, 1.82) is 0 Å². The number of aromatic hydroxyl groups is 1. The Kier molecular flexibility index (Phi) is 3.65. The van der Waals surface area contributed by atoms with Crippen LogP contribution in [0.4, 0.5) is 10.1 Å². The maximum Gasteiger partial charge on any atom is 0.340 e. The van der Waals surface area contributed by atoms with Crippen LogP contribution in [0.1, 0.15) is 16.7 Å². The van der Waals surface area contributed by atoms with Gasteiger partial charge in [-0.25, -0.2) is 9.18 Å². The lowest BCUT2D eigenvalue weighted by molar-refractivity contribution is 0.472. The molecule has 0 atom stereocenters. The molecule has 0 saturated heterocycles. The van der Waals surface area contributed by atoms with E-state index in [2.05, 4.69) is 5.18 Å². The predicted octanol–water partition coefficient (Wildman–Crippen LogP) is 3.93. The van der Waals surface area contributed by atoms with Gasteiger partial charge in [0.15, 0.2) is 5.82 Å². The van der Waals surface area contributed by atoms with E-state index in [9.17, 15) is 19.2 Å². The van der Waals surface area contributed by atoms with Crippen LogP contribution in [0.15, 0.2) is 50.8 Å². The fraction of sp³-hybridized carbons (Fsp3) is 0.118. The van der Waals surface area contributed by atoms with Crippen molar-refractivity contribution in [3.8, 4) is 5.75 Å². The molecule has 0 saturated carbocycles. The number of phenols is 1. The highest BCUT2D eigenvalue weighted by molar-refractivity contribution is 5.82. The fourth-order valence-corrected chi connectivity index (χ4v) is 2.55. The van der Waals surface area contributed by atoms with Crippen LogP contribution in [0.2, 0.25) is 0 Å². The van der Waals surface area contributed by atoms with Crippen LogP contribution in [0.5, 0.6) is 5.75 Å². The number of nitroso groups, excluding NO2 is 1. The minimum Gasteiger partial charge on any atom is -0.508 e. The molecule has 0 aliphatic carbocycles. The summed E-state index contributed by atoms with van der Waals surface area (Å²) in [7, 11) is 0. The number of aryl methyl sites for hydroxylation is 1. The summed E-state index contributed by atoms with van der Waals surface area (Å²) in [6.07, 6.45) is -0.0137. The van der Waals surface area contributed by atoms with Gasteiger partial charge in [-0.05, 0) is 41.4 Å². The zero-order chi connectivity index (χ0) is 16.6. The summed E-state index contributed by atoms with van der Waals surface area (Å²) in [4.78, 5) is 22.8. The van der Waals surface area contributed by atoms with Crippen molar-refractivity contribution in [2.24, 2.45) is 5.18 Å². The first-order chi connectivity index (χ1) is 11.0. The maximum absolute atomic E-state index is 14.1. The summed E-state index contributed by atoms with van der Waals surface area (Å²) < 4.78 is 19.3. The second-order valence-corrected chi connectivity index (χ2v) is 5.19. The quantitative estimate of drug-likeness (QED) is 0.587. The number of benzene rings is 2. The molecule has 0 fully saturated rings. The molecule has 0 radical (unpaired) electrons. The van der Waals surface area contributed by atoms with Crippen LogP contribution >= 0.6 is 0 Å². The van der Waals surface area contributed by atoms with Gasteiger partial charge in [0.05, 0.1) is 0 Å². The molecule has 116 valence electrons. The number of fused-ring (bicyclic) bond motifs is 1. The summed E-state index contributed by atoms with van der Waals surface area (Å²) in [5.41, 5.74) is 0.487. The van der Waals surface area contributed by atoms with Gasteiger partial charge in [0.2, 0.25) is 0 Å². The number of halogens is 1. The summed E-state index contributed by atoms with van der Waals surface area (Å²) in [5, 5.41) is 12.7. The average Bonchev–Trinajstić information content (AvgIpc) is 2.52. The first-order valence-corrected chi connectivity index (χ1v) is 6.87. The van der Waals surface area contributed by atoms with Gasteiger partial charge in [0.25, 0.3) is 0 Å². The lowest BCUT2D eigenvalue weighted by atomic mass is 9.99. The van der Waals surface area contributed by atoms with Gasteiger partial charge >= 0.3 is 5.63 Å². The Morgan fingerprint density at radius 1 is 1.26 bits per heavy atom. The predicted molar refractivity (Wildman–Crippen MR) is 83.5 cm³/mol. The van der Waals surface area contributed by atoms with E-state index in [1.165, 1.54) is 30.3 Å². The largest absolute Gasteiger partial charge is 0.508 e. The van der Waals surface area contributed by atoms with Crippen LogP contribution in [0.25, 0.3) is 11.0 Å². The first-order valence-electron chi connectivity index (χ1n) is 6.87. The van der Waals surface area contributed by atoms with Crippen LogP contribution in [-0.4, -0.2) is 5.11 Å². The Labute approximate surface area is 130 Å². The van der Waals surface area contributed by atoms with Crippen LogP contribution in [0, 0.1) is 17.6 Å². The van der Waals surface area contributed by atoms with Gasteiger partial charge < -0.3 is 9.52 Å². The number of phenolic OH excluding ortho intramolecular Hbond substituents is 1. The van der Waals surface area contributed by atoms with Gasteiger partial charge in [-0.15, -0.1) is 4.91 Å². The van der Waals surface area contributed by atoms with Crippen molar-refractivity contribution < 1.29 is 13.9 Å². The third kappa shape index (κ3) is 2.59. The van der Waals surface area contributed by atoms with Crippen molar-refractivity contribution in [1.82, 2.24) is 0 Å². The molecule has 3 aromatic rings. The van der Waals surface area contributed by atoms with Crippen molar-refractivity contribution >= 4 is 16.7 Å². The summed E-state index contributed by atoms with van der Waals surface area (Å²) in [6.45, 7) is 1.73. The molecule has 1 N–H and O–H groups in total. The maximum atomic E-state index is 14.1. The van der Waals surface area contributed by atoms with Crippen molar-refractivity contribution in [2.75, 3.05) is 0 Å². The highest BCUT2D eigenvalue weighted by atomic mass is 19.1. The molecule has 2 aromatic carbocycles. The van der Waals surface area contributed by atoms with E-state index >= 15 is 0 Å². The third-order valence-electron chi connectivity index (χ3n) is 3.79. The Morgan fingerprint density at radius 2 is 2.04 bits per heavy atom. The van der Waals surface area contributed by atoms with Gasteiger partial charge in [-0.1, -0.05) is 12.1 Å². The second-order valence-electron chi connectivity index (χ2n) is 5.19. The van der Waals surface area contributed by atoms with Gasteiger partial charge in [0, 0.05) is 23.4 Å². The van der Waals surface area contributed by atoms with Crippen LogP contribution in [0.3, 0.4) is 0 Å². The summed E-state index contributed by atoms with van der Waals surface area (Å²) in [5.74, 6) is -0.754. The summed E-state index contributed by atoms with van der Waals surface area (Å²) in [6, 6.07) is 8.73. The second kappa shape index (κ2) is 5.64. The Bertz CT molecular complexity index is 978. The van der Waals surface area contributed by atoms with Gasteiger partial charge in [0.1, 0.15) is 17.0 Å². The van der Waals surface area contributed by atoms with Crippen molar-refractivity contribution in [2.45, 2.75) is 13.3 Å². The van der Waals surface area contributed by atoms with E-state index in [0.29, 0.717) is 16.5 Å². The molecule has 0 unspecified atom stereocenters. The Morgan fingerprint density at radius 3 is 2.78 bits per heavy atom. The standard InChI is InChI=1S/C17H12FNO4/c1-9-12-6-5-11(20)8-15(12)23-17(21)13(9)7-10-3-2-4-14(19-22)16(10)18/h2-6,8,20H,7H2,1H3. The lowest BCUT2D eigenvalue weighted by Crippen LogP contribution is -2.11. The summed E-state index contributed by atoms with van der Waals surface area (Å²) >= 11 is 0. The number of nitrogens with zero attached hydrogens (tertiary/aromatic N) is 1. The average molecular weight is 313 g/mol. The van der Waals surface area contributed by atoms with Crippen molar-refractivity contribution in [3.05, 3.63) is 74.2 Å². The van der Waals surface area contributed by atoms with Gasteiger partial charge in [-0.2, -0.15) is 0 Å². The molecule has 5 nitrogen and oxygen atoms in total. The Hall–Kier alpha value is -3.02. The van der Waals surface area contributed by atoms with E-state index < -0.39 is 11.4 Å². The Balaban J connectivity index is 2.16. The minimum absolute atomic E-state index is 0.0106. The molecule has 0 bridgehead atoms. The zero-order valence-corrected chi connectivity index (χ0v) is 12.2. The zero-order valence-electron chi connectivity index (χ0n) is 12.2. The molecular weight excluding hydrogens is 301 g/mol. The normalized spacial score (nSPS) is 10.9. The minimum atomic E-state index is -0.743. The van der Waals surface area contributed by atoms with E-state index in [1.807, 2.05) is 0 Å². The fourth-order valence-electron chi connectivity index (χ4n) is 2.55. The number of hydrogen-bond acceptors (Lipinski definition) is 5. The van der Waals surface area contributed by atoms with E-state index in [0.717, 1.165) is 0 Å². The third-order valence-corrected chi connectivity index (χ3v) is 3.79. The molecule has 23 heavy (non-hydrogen) atoms. The monoisotopic (exact) mass is 313 g/mol. The smallest absolute Gasteiger partial charge is 0.340 e. The first kappa shape index (κ1) is 14.9. The SMILES string of the molecule is Cc1c(Cc2cccc(N=O)c2F)c(=O)oc2cc(O)ccc12. The van der Waals surface area contributed by atoms with E-state index in [1.54, 1.807) is 13.0 Å². The molecule has 0 aliphatic rings. The number of rotatable bonds is 3. The molecule has 0 amide bonds. The van der Waals surface area contributed by atoms with Crippen molar-refractivity contribution in [3.63, 3.8) is 0 Å². The highest BCUT2D eigenvalue weighted by Crippen LogP contribution is 2.26. The van der Waals surface area contributed by atoms with Gasteiger partial charge in [-0.3, -0.25) is 0 Å². The molecule has 1 heterocycles. The molecule has 3 rings (SSSR count). The van der Waals surface area contributed by atoms with E-state index in [-0.39, 0.29) is 29.0 Å². The molecule has 1 aromatic heterocycles. The van der Waals surface area contributed by atoms with Crippen LogP contribution < -0.4 is 5.63 Å². The molecule has 6 heteroatoms. The molecular formula is C17H12FNO4. The number of hydrogen-bond donors (Lipinski definition) is 1.